The summed E-state index contributed by atoms with van der Waals surface area (Å²) < 4.78 is 18.7. The molecule has 1 fully saturated rings. The van der Waals surface area contributed by atoms with Gasteiger partial charge in [0.2, 0.25) is 0 Å². The number of hydrogen-bond donors (Lipinski definition) is 3. The Hall–Kier alpha value is -1.09. The highest BCUT2D eigenvalue weighted by Gasteiger charge is 2.15. The fourth-order valence-corrected chi connectivity index (χ4v) is 2.08. The Balaban J connectivity index is 0.00000220. The smallest absolute Gasteiger partial charge is 0.191 e. The molecule has 3 N–H and O–H groups in total. The molecule has 1 saturated heterocycles. The van der Waals surface area contributed by atoms with Gasteiger partial charge < -0.3 is 20.5 Å². The third-order valence-electron chi connectivity index (χ3n) is 3.22. The number of phenolic OH excluding ortho intramolecular Hbond substituents is 1. The Kier molecular flexibility index (Phi) is 7.73. The summed E-state index contributed by atoms with van der Waals surface area (Å²) >= 11 is 0. The molecule has 1 unspecified atom stereocenters. The van der Waals surface area contributed by atoms with Crippen LogP contribution in [0.5, 0.6) is 5.75 Å². The van der Waals surface area contributed by atoms with Crippen molar-refractivity contribution in [2.75, 3.05) is 20.2 Å². The minimum Gasteiger partial charge on any atom is -0.505 e. The van der Waals surface area contributed by atoms with Gasteiger partial charge in [-0.3, -0.25) is 4.99 Å². The number of aliphatic imine (C=N–C) groups is 1. The average Bonchev–Trinajstić information content (AvgIpc) is 2.96. The maximum absolute atomic E-state index is 13.2. The van der Waals surface area contributed by atoms with Gasteiger partial charge in [0.1, 0.15) is 0 Å². The van der Waals surface area contributed by atoms with E-state index in [-0.39, 0.29) is 35.8 Å². The van der Waals surface area contributed by atoms with E-state index in [2.05, 4.69) is 15.6 Å². The van der Waals surface area contributed by atoms with Crippen LogP contribution in [-0.2, 0) is 11.3 Å². The molecule has 1 aliphatic heterocycles. The zero-order valence-electron chi connectivity index (χ0n) is 11.9. The number of ether oxygens (including phenoxy) is 1. The first-order valence-electron chi connectivity index (χ1n) is 6.72. The molecule has 1 atom stereocenters. The summed E-state index contributed by atoms with van der Waals surface area (Å²) in [5.41, 5.74) is 0.736. The Morgan fingerprint density at radius 1 is 1.48 bits per heavy atom. The van der Waals surface area contributed by atoms with Crippen LogP contribution in [0.4, 0.5) is 4.39 Å². The number of phenols is 1. The first-order valence-corrected chi connectivity index (χ1v) is 6.72. The van der Waals surface area contributed by atoms with E-state index >= 15 is 0 Å². The number of nitrogens with one attached hydrogen (secondary N) is 2. The SMILES string of the molecule is CN=C(NCc1ccc(O)c(F)c1)NCC1CCCO1.I. The van der Waals surface area contributed by atoms with Crippen molar-refractivity contribution in [1.82, 2.24) is 10.6 Å². The lowest BCUT2D eigenvalue weighted by molar-refractivity contribution is 0.114. The molecule has 0 aliphatic carbocycles. The molecule has 1 heterocycles. The van der Waals surface area contributed by atoms with Crippen molar-refractivity contribution in [1.29, 1.82) is 0 Å². The van der Waals surface area contributed by atoms with Gasteiger partial charge in [0, 0.05) is 26.7 Å². The summed E-state index contributed by atoms with van der Waals surface area (Å²) in [6, 6.07) is 4.31. The van der Waals surface area contributed by atoms with Crippen molar-refractivity contribution in [3.63, 3.8) is 0 Å². The highest BCUT2D eigenvalue weighted by atomic mass is 127. The largest absolute Gasteiger partial charge is 0.505 e. The fraction of sp³-hybridized carbons (Fsp3) is 0.500. The van der Waals surface area contributed by atoms with Crippen molar-refractivity contribution in [3.8, 4) is 5.75 Å². The molecule has 0 amide bonds. The summed E-state index contributed by atoms with van der Waals surface area (Å²) in [7, 11) is 1.68. The molecule has 0 radical (unpaired) electrons. The van der Waals surface area contributed by atoms with Gasteiger partial charge in [-0.25, -0.2) is 4.39 Å². The second-order valence-electron chi connectivity index (χ2n) is 4.73. The van der Waals surface area contributed by atoms with Gasteiger partial charge in [0.15, 0.2) is 17.5 Å². The van der Waals surface area contributed by atoms with Crippen molar-refractivity contribution in [3.05, 3.63) is 29.6 Å². The summed E-state index contributed by atoms with van der Waals surface area (Å²) in [6.45, 7) is 1.97. The normalized spacial score (nSPS) is 18.2. The van der Waals surface area contributed by atoms with Gasteiger partial charge >= 0.3 is 0 Å². The fourth-order valence-electron chi connectivity index (χ4n) is 2.08. The van der Waals surface area contributed by atoms with E-state index in [1.165, 1.54) is 12.1 Å². The number of guanidine groups is 1. The van der Waals surface area contributed by atoms with Crippen molar-refractivity contribution in [2.45, 2.75) is 25.5 Å². The Bertz CT molecular complexity index is 479. The summed E-state index contributed by atoms with van der Waals surface area (Å²) in [5, 5.41) is 15.4. The van der Waals surface area contributed by atoms with Gasteiger partial charge in [-0.2, -0.15) is 0 Å². The average molecular weight is 409 g/mol. The number of rotatable bonds is 4. The summed E-state index contributed by atoms with van der Waals surface area (Å²) in [6.07, 6.45) is 2.40. The van der Waals surface area contributed by atoms with Crippen LogP contribution in [-0.4, -0.2) is 37.4 Å². The van der Waals surface area contributed by atoms with Crippen LogP contribution in [0.2, 0.25) is 0 Å². The van der Waals surface area contributed by atoms with Crippen LogP contribution in [0.1, 0.15) is 18.4 Å². The van der Waals surface area contributed by atoms with Crippen LogP contribution in [0.3, 0.4) is 0 Å². The van der Waals surface area contributed by atoms with Gasteiger partial charge in [-0.15, -0.1) is 24.0 Å². The number of benzene rings is 1. The second-order valence-corrected chi connectivity index (χ2v) is 4.73. The van der Waals surface area contributed by atoms with E-state index in [1.807, 2.05) is 0 Å². The quantitative estimate of drug-likeness (QED) is 0.405. The van der Waals surface area contributed by atoms with Gasteiger partial charge in [-0.1, -0.05) is 6.07 Å². The standard InChI is InChI=1S/C14H20FN3O2.HI/c1-16-14(18-9-11-3-2-6-20-11)17-8-10-4-5-13(19)12(15)7-10;/h4-5,7,11,19H,2-3,6,8-9H2,1H3,(H2,16,17,18);1H. The summed E-state index contributed by atoms with van der Waals surface area (Å²) in [5.74, 6) is -0.310. The predicted octanol–water partition coefficient (Wildman–Crippen LogP) is 1.99. The monoisotopic (exact) mass is 409 g/mol. The predicted molar refractivity (Wildman–Crippen MR) is 90.7 cm³/mol. The molecule has 21 heavy (non-hydrogen) atoms. The molecule has 1 aromatic rings. The van der Waals surface area contributed by atoms with E-state index in [9.17, 15) is 4.39 Å². The molecular formula is C14H21FIN3O2. The first-order chi connectivity index (χ1) is 9.69. The molecule has 5 nitrogen and oxygen atoms in total. The van der Waals surface area contributed by atoms with E-state index < -0.39 is 5.82 Å². The van der Waals surface area contributed by atoms with Crippen LogP contribution in [0, 0.1) is 5.82 Å². The second kappa shape index (κ2) is 9.04. The van der Waals surface area contributed by atoms with Crippen LogP contribution in [0.15, 0.2) is 23.2 Å². The highest BCUT2D eigenvalue weighted by molar-refractivity contribution is 14.0. The third-order valence-corrected chi connectivity index (χ3v) is 3.22. The zero-order chi connectivity index (χ0) is 14.4. The van der Waals surface area contributed by atoms with Crippen molar-refractivity contribution < 1.29 is 14.2 Å². The molecular weight excluding hydrogens is 388 g/mol. The number of hydrogen-bond acceptors (Lipinski definition) is 3. The van der Waals surface area contributed by atoms with Crippen molar-refractivity contribution in [2.24, 2.45) is 4.99 Å². The van der Waals surface area contributed by atoms with Crippen LogP contribution in [0.25, 0.3) is 0 Å². The Morgan fingerprint density at radius 3 is 2.90 bits per heavy atom. The molecule has 0 bridgehead atoms. The Labute approximate surface area is 141 Å². The van der Waals surface area contributed by atoms with E-state index in [1.54, 1.807) is 13.1 Å². The molecule has 118 valence electrons. The van der Waals surface area contributed by atoms with Gasteiger partial charge in [-0.05, 0) is 30.5 Å². The molecule has 1 aromatic carbocycles. The number of aromatic hydroxyl groups is 1. The van der Waals surface area contributed by atoms with Crippen LogP contribution < -0.4 is 10.6 Å². The maximum Gasteiger partial charge on any atom is 0.191 e. The Morgan fingerprint density at radius 2 is 2.29 bits per heavy atom. The lowest BCUT2D eigenvalue weighted by Crippen LogP contribution is -2.40. The lowest BCUT2D eigenvalue weighted by Gasteiger charge is -2.15. The number of halogens is 2. The van der Waals surface area contributed by atoms with E-state index in [0.717, 1.165) is 25.0 Å². The maximum atomic E-state index is 13.2. The number of nitrogens with zero attached hydrogens (tertiary/aromatic N) is 1. The van der Waals surface area contributed by atoms with Crippen LogP contribution >= 0.6 is 24.0 Å². The van der Waals surface area contributed by atoms with E-state index in [4.69, 9.17) is 9.84 Å². The summed E-state index contributed by atoms with van der Waals surface area (Å²) in [4.78, 5) is 4.10. The molecule has 0 saturated carbocycles. The van der Waals surface area contributed by atoms with E-state index in [0.29, 0.717) is 19.0 Å². The molecule has 7 heteroatoms. The van der Waals surface area contributed by atoms with Gasteiger partial charge in [0.05, 0.1) is 6.10 Å². The zero-order valence-corrected chi connectivity index (χ0v) is 14.3. The molecule has 0 spiro atoms. The first kappa shape index (κ1) is 18.0. The highest BCUT2D eigenvalue weighted by Crippen LogP contribution is 2.15. The topological polar surface area (TPSA) is 65.9 Å². The van der Waals surface area contributed by atoms with Crippen molar-refractivity contribution >= 4 is 29.9 Å². The van der Waals surface area contributed by atoms with Gasteiger partial charge in [0.25, 0.3) is 0 Å². The molecule has 0 aromatic heterocycles. The third kappa shape index (κ3) is 5.66. The lowest BCUT2D eigenvalue weighted by atomic mass is 10.2. The molecule has 2 rings (SSSR count). The minimum atomic E-state index is -0.619. The minimum absolute atomic E-state index is 0. The molecule has 1 aliphatic rings.